The molecule has 0 aliphatic carbocycles. The molecular formula is C23H13ClF7N5O2. The van der Waals surface area contributed by atoms with E-state index in [0.717, 1.165) is 17.0 Å². The predicted molar refractivity (Wildman–Crippen MR) is 118 cm³/mol. The van der Waals surface area contributed by atoms with Crippen molar-refractivity contribution in [2.24, 2.45) is 0 Å². The minimum atomic E-state index is -5.17. The largest absolute Gasteiger partial charge is 0.417 e. The Morgan fingerprint density at radius 3 is 2.24 bits per heavy atom. The van der Waals surface area contributed by atoms with Crippen molar-refractivity contribution in [2.75, 3.05) is 4.90 Å². The first-order valence-electron chi connectivity index (χ1n) is 10.4. The first kappa shape index (κ1) is 27.0. The number of halogens is 8. The number of aromatic nitrogens is 4. The average molecular weight is 560 g/mol. The van der Waals surface area contributed by atoms with Gasteiger partial charge in [0.15, 0.2) is 0 Å². The maximum absolute atomic E-state index is 13.6. The Bertz CT molecular complexity index is 1440. The molecule has 2 aromatic heterocycles. The summed E-state index contributed by atoms with van der Waals surface area (Å²) in [5, 5.41) is 7.68. The number of carbonyl (C=O) groups excluding carboxylic acids is 1. The first-order valence-corrected chi connectivity index (χ1v) is 10.8. The van der Waals surface area contributed by atoms with Crippen LogP contribution in [-0.2, 0) is 30.1 Å². The second kappa shape index (κ2) is 10.4. The minimum Gasteiger partial charge on any atom is -0.417 e. The summed E-state index contributed by atoms with van der Waals surface area (Å²) in [5.41, 5.74) is -3.61. The Morgan fingerprint density at radius 2 is 1.63 bits per heavy atom. The summed E-state index contributed by atoms with van der Waals surface area (Å²) in [6.45, 7) is -0.458. The summed E-state index contributed by atoms with van der Waals surface area (Å²) in [4.78, 5) is 21.9. The van der Waals surface area contributed by atoms with Gasteiger partial charge in [-0.2, -0.15) is 26.3 Å². The normalized spacial score (nSPS) is 12.0. The van der Waals surface area contributed by atoms with Crippen LogP contribution < -0.4 is 4.90 Å². The first-order chi connectivity index (χ1) is 17.8. The van der Waals surface area contributed by atoms with Gasteiger partial charge in [0.05, 0.1) is 29.9 Å². The van der Waals surface area contributed by atoms with Crippen LogP contribution in [0.4, 0.5) is 36.4 Å². The van der Waals surface area contributed by atoms with Crippen LogP contribution in [0.15, 0.2) is 59.3 Å². The van der Waals surface area contributed by atoms with E-state index in [1.54, 1.807) is 0 Å². The van der Waals surface area contributed by atoms with E-state index in [0.29, 0.717) is 12.1 Å². The van der Waals surface area contributed by atoms with Crippen LogP contribution in [0.1, 0.15) is 22.6 Å². The Labute approximate surface area is 213 Å². The molecule has 0 unspecified atom stereocenters. The monoisotopic (exact) mass is 559 g/mol. The zero-order valence-corrected chi connectivity index (χ0v) is 19.4. The van der Waals surface area contributed by atoms with E-state index < -0.39 is 53.7 Å². The number of alkyl halides is 6. The van der Waals surface area contributed by atoms with E-state index in [1.165, 1.54) is 24.5 Å². The molecule has 198 valence electrons. The van der Waals surface area contributed by atoms with Crippen LogP contribution in [0.25, 0.3) is 11.6 Å². The third kappa shape index (κ3) is 6.25. The average Bonchev–Trinajstić information content (AvgIpc) is 3.31. The van der Waals surface area contributed by atoms with Crippen molar-refractivity contribution in [3.05, 3.63) is 88.4 Å². The fraction of sp³-hybridized carbons (Fsp3) is 0.174. The van der Waals surface area contributed by atoms with Crippen molar-refractivity contribution < 1.29 is 39.9 Å². The lowest BCUT2D eigenvalue weighted by Crippen LogP contribution is -2.32. The molecule has 4 rings (SSSR count). The van der Waals surface area contributed by atoms with Crippen LogP contribution >= 0.6 is 11.6 Å². The molecule has 38 heavy (non-hydrogen) atoms. The van der Waals surface area contributed by atoms with Crippen LogP contribution in [0, 0.1) is 5.82 Å². The van der Waals surface area contributed by atoms with Gasteiger partial charge in [-0.05, 0) is 42.0 Å². The number of hydrogen-bond donors (Lipinski definition) is 0. The SMILES string of the molecule is O=C(Cc1ccc(C(F)(F)F)cc1C(F)(F)F)N(Cc1nnc(-c2cnc(Cl)cn2)o1)c1ccc(F)cc1. The van der Waals surface area contributed by atoms with Crippen molar-refractivity contribution >= 4 is 23.2 Å². The summed E-state index contributed by atoms with van der Waals surface area (Å²) >= 11 is 5.69. The summed E-state index contributed by atoms with van der Waals surface area (Å²) in [5.74, 6) is -1.88. The lowest BCUT2D eigenvalue weighted by Gasteiger charge is -2.23. The number of carbonyl (C=O) groups is 1. The number of rotatable bonds is 6. The fourth-order valence-electron chi connectivity index (χ4n) is 3.35. The molecule has 0 spiro atoms. The highest BCUT2D eigenvalue weighted by molar-refractivity contribution is 6.29. The number of amides is 1. The van der Waals surface area contributed by atoms with E-state index in [9.17, 15) is 35.5 Å². The lowest BCUT2D eigenvalue weighted by molar-refractivity contribution is -0.143. The number of benzene rings is 2. The van der Waals surface area contributed by atoms with Gasteiger partial charge < -0.3 is 9.32 Å². The predicted octanol–water partition coefficient (Wildman–Crippen LogP) is 6.13. The van der Waals surface area contributed by atoms with Gasteiger partial charge in [-0.15, -0.1) is 10.2 Å². The Hall–Kier alpha value is -4.07. The number of anilines is 1. The Kier molecular flexibility index (Phi) is 7.35. The standard InChI is InChI=1S/C23H13ClF7N5O2/c24-18-10-32-17(9-33-18)21-35-34-19(38-21)11-36(15-5-3-14(25)4-6-15)20(37)7-12-1-2-13(22(26,27)28)8-16(12)23(29,30)31/h1-6,8-10H,7,11H2. The summed E-state index contributed by atoms with van der Waals surface area (Å²) in [7, 11) is 0. The van der Waals surface area contributed by atoms with Gasteiger partial charge in [0.2, 0.25) is 11.8 Å². The van der Waals surface area contributed by atoms with Gasteiger partial charge in [-0.3, -0.25) is 4.79 Å². The van der Waals surface area contributed by atoms with Gasteiger partial charge in [0.25, 0.3) is 5.89 Å². The topological polar surface area (TPSA) is 85.0 Å². The summed E-state index contributed by atoms with van der Waals surface area (Å²) < 4.78 is 98.7. The zero-order chi connectivity index (χ0) is 27.7. The van der Waals surface area contributed by atoms with Gasteiger partial charge in [0.1, 0.15) is 23.2 Å². The van der Waals surface area contributed by atoms with Gasteiger partial charge in [0, 0.05) is 5.69 Å². The second-order valence-electron chi connectivity index (χ2n) is 7.73. The van der Waals surface area contributed by atoms with Crippen molar-refractivity contribution in [3.8, 4) is 11.6 Å². The molecular weight excluding hydrogens is 547 g/mol. The third-order valence-corrected chi connectivity index (χ3v) is 5.32. The molecule has 2 aromatic carbocycles. The van der Waals surface area contributed by atoms with E-state index >= 15 is 0 Å². The quantitative estimate of drug-likeness (QED) is 0.264. The van der Waals surface area contributed by atoms with Crippen molar-refractivity contribution in [1.82, 2.24) is 20.2 Å². The second-order valence-corrected chi connectivity index (χ2v) is 8.11. The highest BCUT2D eigenvalue weighted by Crippen LogP contribution is 2.38. The molecule has 0 bridgehead atoms. The molecule has 0 aliphatic heterocycles. The molecule has 0 N–H and O–H groups in total. The van der Waals surface area contributed by atoms with Crippen molar-refractivity contribution in [1.29, 1.82) is 0 Å². The molecule has 15 heteroatoms. The number of hydrogen-bond acceptors (Lipinski definition) is 6. The highest BCUT2D eigenvalue weighted by Gasteiger charge is 2.38. The Morgan fingerprint density at radius 1 is 0.921 bits per heavy atom. The third-order valence-electron chi connectivity index (χ3n) is 5.12. The summed E-state index contributed by atoms with van der Waals surface area (Å²) in [6, 6.07) is 5.39. The molecule has 0 aliphatic rings. The maximum atomic E-state index is 13.6. The molecule has 7 nitrogen and oxygen atoms in total. The van der Waals surface area contributed by atoms with E-state index in [2.05, 4.69) is 20.2 Å². The molecule has 2 heterocycles. The van der Waals surface area contributed by atoms with Crippen molar-refractivity contribution in [2.45, 2.75) is 25.3 Å². The minimum absolute atomic E-state index is 0.0533. The van der Waals surface area contributed by atoms with Crippen LogP contribution in [0.5, 0.6) is 0 Å². The molecule has 0 atom stereocenters. The van der Waals surface area contributed by atoms with Gasteiger partial charge >= 0.3 is 12.4 Å². The molecule has 0 saturated carbocycles. The van der Waals surface area contributed by atoms with E-state index in [-0.39, 0.29) is 34.4 Å². The smallest absolute Gasteiger partial charge is 0.416 e. The molecule has 0 fully saturated rings. The highest BCUT2D eigenvalue weighted by atomic mass is 35.5. The van der Waals surface area contributed by atoms with E-state index in [1.807, 2.05) is 0 Å². The van der Waals surface area contributed by atoms with Crippen molar-refractivity contribution in [3.63, 3.8) is 0 Å². The lowest BCUT2D eigenvalue weighted by atomic mass is 10.00. The Balaban J connectivity index is 1.66. The van der Waals surface area contributed by atoms with Crippen LogP contribution in [0.3, 0.4) is 0 Å². The zero-order valence-electron chi connectivity index (χ0n) is 18.7. The number of nitrogens with zero attached hydrogens (tertiary/aromatic N) is 5. The van der Waals surface area contributed by atoms with Gasteiger partial charge in [-0.25, -0.2) is 14.4 Å². The van der Waals surface area contributed by atoms with E-state index in [4.69, 9.17) is 16.0 Å². The van der Waals surface area contributed by atoms with Gasteiger partial charge in [-0.1, -0.05) is 17.7 Å². The molecule has 1 amide bonds. The maximum Gasteiger partial charge on any atom is 0.416 e. The van der Waals surface area contributed by atoms with Crippen LogP contribution in [-0.4, -0.2) is 26.1 Å². The molecule has 0 radical (unpaired) electrons. The van der Waals surface area contributed by atoms with Crippen LogP contribution in [0.2, 0.25) is 5.15 Å². The summed E-state index contributed by atoms with van der Waals surface area (Å²) in [6.07, 6.45) is -8.66. The molecule has 4 aromatic rings. The molecule has 0 saturated heterocycles. The fourth-order valence-corrected chi connectivity index (χ4v) is 3.45.